The van der Waals surface area contributed by atoms with Crippen LogP contribution in [0.5, 0.6) is 0 Å². The Morgan fingerprint density at radius 3 is 2.32 bits per heavy atom. The molecule has 1 aromatic carbocycles. The Morgan fingerprint density at radius 1 is 1.26 bits per heavy atom. The lowest BCUT2D eigenvalue weighted by Crippen LogP contribution is -2.15. The molecule has 19 heavy (non-hydrogen) atoms. The topological polar surface area (TPSA) is 69.7 Å². The van der Waals surface area contributed by atoms with E-state index < -0.39 is 40.6 Å². The Morgan fingerprint density at radius 2 is 1.84 bits per heavy atom. The lowest BCUT2D eigenvalue weighted by molar-refractivity contribution is -0.140. The molecule has 0 N–H and O–H groups in total. The normalized spacial score (nSPS) is 14.4. The summed E-state index contributed by atoms with van der Waals surface area (Å²) in [6.07, 6.45) is -5.11. The third kappa shape index (κ3) is 4.27. The molecule has 0 bridgehead atoms. The molecule has 1 aromatic rings. The summed E-state index contributed by atoms with van der Waals surface area (Å²) in [6.45, 7) is 0.968. The molecule has 0 fully saturated rings. The van der Waals surface area contributed by atoms with Crippen molar-refractivity contribution in [3.05, 3.63) is 29.6 Å². The third-order valence-electron chi connectivity index (χ3n) is 1.76. The van der Waals surface area contributed by atoms with Gasteiger partial charge in [0, 0.05) is 6.66 Å². The first-order chi connectivity index (χ1) is 8.54. The van der Waals surface area contributed by atoms with Gasteiger partial charge >= 0.3 is 16.3 Å². The predicted molar refractivity (Wildman–Crippen MR) is 55.7 cm³/mol. The average molecular weight is 322 g/mol. The van der Waals surface area contributed by atoms with E-state index in [9.17, 15) is 30.5 Å². The van der Waals surface area contributed by atoms with Crippen LogP contribution in [0.3, 0.4) is 0 Å². The highest BCUT2D eigenvalue weighted by Gasteiger charge is 2.38. The standard InChI is InChI=1S/C8H7F4O5PS/c1-18(13)16-17-19(14,15)7-3-2-5(9)4-6(7)8(10,11)12/h2-4,18H,1H3. The van der Waals surface area contributed by atoms with Gasteiger partial charge in [-0.25, -0.2) is 4.39 Å². The number of rotatable bonds is 4. The van der Waals surface area contributed by atoms with Crippen molar-refractivity contribution in [1.82, 2.24) is 0 Å². The minimum atomic E-state index is -5.11. The summed E-state index contributed by atoms with van der Waals surface area (Å²) in [5, 5.41) is 0. The smallest absolute Gasteiger partial charge is 0.294 e. The maximum absolute atomic E-state index is 12.8. The Balaban J connectivity index is 3.31. The highest BCUT2D eigenvalue weighted by molar-refractivity contribution is 7.86. The van der Waals surface area contributed by atoms with Gasteiger partial charge < -0.3 is 0 Å². The van der Waals surface area contributed by atoms with E-state index in [0.717, 1.165) is 6.66 Å². The zero-order chi connectivity index (χ0) is 14.8. The van der Waals surface area contributed by atoms with Gasteiger partial charge in [-0.15, -0.1) is 0 Å². The number of alkyl halides is 3. The van der Waals surface area contributed by atoms with E-state index in [1.165, 1.54) is 0 Å². The Bertz CT molecular complexity index is 598. The van der Waals surface area contributed by atoms with Crippen LogP contribution in [0.4, 0.5) is 17.6 Å². The summed E-state index contributed by atoms with van der Waals surface area (Å²) >= 11 is 0. The van der Waals surface area contributed by atoms with Gasteiger partial charge in [-0.05, 0) is 18.2 Å². The van der Waals surface area contributed by atoms with Crippen LogP contribution in [0.2, 0.25) is 0 Å². The second-order valence-corrected chi connectivity index (χ2v) is 5.87. The van der Waals surface area contributed by atoms with Crippen molar-refractivity contribution < 1.29 is 39.6 Å². The van der Waals surface area contributed by atoms with E-state index in [1.54, 1.807) is 0 Å². The zero-order valence-electron chi connectivity index (χ0n) is 9.19. The predicted octanol–water partition coefficient (Wildman–Crippen LogP) is 2.59. The maximum atomic E-state index is 12.8. The van der Waals surface area contributed by atoms with Crippen LogP contribution in [-0.2, 0) is 29.9 Å². The lowest BCUT2D eigenvalue weighted by atomic mass is 10.2. The molecule has 1 rings (SSSR count). The van der Waals surface area contributed by atoms with Crippen LogP contribution in [0, 0.1) is 5.82 Å². The van der Waals surface area contributed by atoms with Gasteiger partial charge in [0.1, 0.15) is 10.7 Å². The van der Waals surface area contributed by atoms with Crippen LogP contribution in [0.25, 0.3) is 0 Å². The summed E-state index contributed by atoms with van der Waals surface area (Å²) in [5.41, 5.74) is -1.74. The molecule has 0 saturated carbocycles. The molecule has 0 aromatic heterocycles. The summed E-state index contributed by atoms with van der Waals surface area (Å²) < 4.78 is 91.5. The van der Waals surface area contributed by atoms with Crippen LogP contribution >= 0.6 is 8.03 Å². The van der Waals surface area contributed by atoms with Gasteiger partial charge in [-0.1, -0.05) is 4.33 Å². The molecule has 0 aliphatic carbocycles. The Hall–Kier alpha value is -0.960. The largest absolute Gasteiger partial charge is 0.417 e. The molecule has 0 heterocycles. The van der Waals surface area contributed by atoms with E-state index in [2.05, 4.69) is 9.01 Å². The summed E-state index contributed by atoms with van der Waals surface area (Å²) in [4.78, 5) is -1.33. The summed E-state index contributed by atoms with van der Waals surface area (Å²) in [5.74, 6) is -1.27. The monoisotopic (exact) mass is 322 g/mol. The SMILES string of the molecule is C[PH](=O)OOS(=O)(=O)c1ccc(F)cc1C(F)(F)F. The highest BCUT2D eigenvalue weighted by Crippen LogP contribution is 2.35. The first kappa shape index (κ1) is 16.1. The minimum Gasteiger partial charge on any atom is -0.294 e. The van der Waals surface area contributed by atoms with Crippen molar-refractivity contribution in [2.45, 2.75) is 11.1 Å². The van der Waals surface area contributed by atoms with Crippen molar-refractivity contribution in [3.8, 4) is 0 Å². The molecule has 0 amide bonds. The number of hydrogen-bond donors (Lipinski definition) is 0. The van der Waals surface area contributed by atoms with Gasteiger partial charge in [0.15, 0.2) is 0 Å². The van der Waals surface area contributed by atoms with E-state index in [1.807, 2.05) is 0 Å². The van der Waals surface area contributed by atoms with E-state index in [4.69, 9.17) is 0 Å². The van der Waals surface area contributed by atoms with Crippen LogP contribution in [-0.4, -0.2) is 15.1 Å². The van der Waals surface area contributed by atoms with Crippen LogP contribution < -0.4 is 0 Å². The van der Waals surface area contributed by atoms with Gasteiger partial charge in [-0.3, -0.25) is 4.57 Å². The first-order valence-electron chi connectivity index (χ1n) is 4.52. The lowest BCUT2D eigenvalue weighted by Gasteiger charge is -2.12. The van der Waals surface area contributed by atoms with Crippen molar-refractivity contribution in [2.75, 3.05) is 6.66 Å². The third-order valence-corrected chi connectivity index (χ3v) is 3.34. The van der Waals surface area contributed by atoms with E-state index in [0.29, 0.717) is 12.1 Å². The van der Waals surface area contributed by atoms with E-state index >= 15 is 0 Å². The maximum Gasteiger partial charge on any atom is 0.417 e. The zero-order valence-corrected chi connectivity index (χ0v) is 11.0. The molecule has 1 unspecified atom stereocenters. The van der Waals surface area contributed by atoms with E-state index in [-0.39, 0.29) is 6.07 Å². The van der Waals surface area contributed by atoms with Crippen molar-refractivity contribution >= 4 is 18.1 Å². The molecule has 5 nitrogen and oxygen atoms in total. The molecular formula is C8H7F4O5PS. The number of benzene rings is 1. The molecule has 108 valence electrons. The summed E-state index contributed by atoms with van der Waals surface area (Å²) in [7, 11) is -7.81. The molecular weight excluding hydrogens is 315 g/mol. The Labute approximate surface area is 106 Å². The van der Waals surface area contributed by atoms with Gasteiger partial charge in [0.25, 0.3) is 0 Å². The molecule has 0 aliphatic heterocycles. The molecule has 0 radical (unpaired) electrons. The second kappa shape index (κ2) is 5.58. The van der Waals surface area contributed by atoms with Gasteiger partial charge in [-0.2, -0.15) is 26.3 Å². The minimum absolute atomic E-state index is 0.00521. The molecule has 0 aliphatic rings. The molecule has 11 heteroatoms. The van der Waals surface area contributed by atoms with Gasteiger partial charge in [0.05, 0.1) is 5.56 Å². The number of hydrogen-bond acceptors (Lipinski definition) is 5. The van der Waals surface area contributed by atoms with Crippen molar-refractivity contribution in [2.24, 2.45) is 0 Å². The first-order valence-corrected chi connectivity index (χ1v) is 7.75. The van der Waals surface area contributed by atoms with Gasteiger partial charge in [0.2, 0.25) is 8.03 Å². The fraction of sp³-hybridized carbons (Fsp3) is 0.250. The van der Waals surface area contributed by atoms with Crippen molar-refractivity contribution in [3.63, 3.8) is 0 Å². The fourth-order valence-electron chi connectivity index (χ4n) is 1.07. The molecule has 1 atom stereocenters. The second-order valence-electron chi connectivity index (χ2n) is 3.24. The van der Waals surface area contributed by atoms with Crippen LogP contribution in [0.1, 0.15) is 5.56 Å². The average Bonchev–Trinajstić information content (AvgIpc) is 2.25. The Kier molecular flexibility index (Phi) is 4.72. The number of halogens is 4. The fourth-order valence-corrected chi connectivity index (χ4v) is 2.56. The quantitative estimate of drug-likeness (QED) is 0.369. The molecule has 0 spiro atoms. The highest BCUT2D eigenvalue weighted by atomic mass is 32.2. The van der Waals surface area contributed by atoms with Crippen molar-refractivity contribution in [1.29, 1.82) is 0 Å². The molecule has 0 saturated heterocycles. The van der Waals surface area contributed by atoms with Crippen LogP contribution in [0.15, 0.2) is 23.1 Å². The summed E-state index contributed by atoms with van der Waals surface area (Å²) in [6, 6.07) is 0.898.